The molecule has 2 heterocycles. The van der Waals surface area contributed by atoms with Crippen molar-refractivity contribution >= 4 is 17.3 Å². The molecule has 0 aliphatic carbocycles. The number of piperazine rings is 1. The van der Waals surface area contributed by atoms with Crippen molar-refractivity contribution in [1.29, 1.82) is 0 Å². The van der Waals surface area contributed by atoms with Crippen LogP contribution in [0.2, 0.25) is 0 Å². The average Bonchev–Trinajstić information content (AvgIpc) is 2.77. The average molecular weight is 449 g/mol. The number of benzene rings is 2. The van der Waals surface area contributed by atoms with Crippen molar-refractivity contribution in [2.45, 2.75) is 44.9 Å². The first-order chi connectivity index (χ1) is 15.2. The molecule has 0 aromatic heterocycles. The Morgan fingerprint density at radius 1 is 1.16 bits per heavy atom. The number of fused-ring (bicyclic) bond motifs is 3. The van der Waals surface area contributed by atoms with E-state index in [1.807, 2.05) is 13.8 Å². The fraction of sp³-hybridized carbons (Fsp3) is 0.458. The van der Waals surface area contributed by atoms with Crippen molar-refractivity contribution in [1.82, 2.24) is 5.32 Å². The molecule has 172 valence electrons. The summed E-state index contributed by atoms with van der Waals surface area (Å²) in [6, 6.07) is 9.85. The van der Waals surface area contributed by atoms with Gasteiger partial charge >= 0.3 is 6.18 Å². The van der Waals surface area contributed by atoms with Crippen LogP contribution in [0.1, 0.15) is 31.4 Å². The number of anilines is 2. The van der Waals surface area contributed by atoms with Crippen molar-refractivity contribution in [3.05, 3.63) is 59.4 Å². The molecule has 1 saturated heterocycles. The molecule has 4 rings (SSSR count). The Morgan fingerprint density at radius 3 is 2.53 bits per heavy atom. The fourth-order valence-corrected chi connectivity index (χ4v) is 4.64. The first-order valence-electron chi connectivity index (χ1n) is 10.9. The third-order valence-electron chi connectivity index (χ3n) is 6.57. The molecule has 0 saturated carbocycles. The van der Waals surface area contributed by atoms with Crippen LogP contribution in [-0.2, 0) is 17.4 Å². The van der Waals surface area contributed by atoms with Crippen LogP contribution in [0.3, 0.4) is 0 Å². The maximum absolute atomic E-state index is 13.4. The lowest BCUT2D eigenvalue weighted by molar-refractivity contribution is -0.137. The van der Waals surface area contributed by atoms with E-state index in [4.69, 9.17) is 0 Å². The zero-order chi connectivity index (χ0) is 23.0. The van der Waals surface area contributed by atoms with Crippen LogP contribution >= 0.6 is 0 Å². The van der Waals surface area contributed by atoms with Gasteiger partial charge in [0, 0.05) is 37.1 Å². The van der Waals surface area contributed by atoms with Crippen LogP contribution in [0.25, 0.3) is 0 Å². The molecular weight excluding hydrogens is 422 g/mol. The predicted molar refractivity (Wildman–Crippen MR) is 116 cm³/mol. The molecule has 2 aliphatic heterocycles. The highest BCUT2D eigenvalue weighted by Gasteiger charge is 2.43. The largest absolute Gasteiger partial charge is 0.416 e. The van der Waals surface area contributed by atoms with Gasteiger partial charge in [-0.05, 0) is 67.8 Å². The Kier molecular flexibility index (Phi) is 6.05. The Balaban J connectivity index is 1.67. The SMILES string of the molecule is CC[C@@H](C)NC(=O)[C@H]1Cc2cc(C(F)(F)F)ccc2N2CCN(c3ccc(F)cc3)C[C@@H]12. The maximum Gasteiger partial charge on any atom is 0.416 e. The van der Waals surface area contributed by atoms with Gasteiger partial charge < -0.3 is 15.1 Å². The van der Waals surface area contributed by atoms with E-state index in [2.05, 4.69) is 15.1 Å². The topological polar surface area (TPSA) is 35.6 Å². The summed E-state index contributed by atoms with van der Waals surface area (Å²) < 4.78 is 53.3. The molecule has 3 atom stereocenters. The molecule has 32 heavy (non-hydrogen) atoms. The lowest BCUT2D eigenvalue weighted by Crippen LogP contribution is -2.61. The molecule has 0 bridgehead atoms. The lowest BCUT2D eigenvalue weighted by atomic mass is 9.82. The van der Waals surface area contributed by atoms with Gasteiger partial charge in [-0.25, -0.2) is 4.39 Å². The van der Waals surface area contributed by atoms with E-state index in [-0.39, 0.29) is 30.2 Å². The molecule has 1 N–H and O–H groups in total. The van der Waals surface area contributed by atoms with Gasteiger partial charge in [-0.1, -0.05) is 6.92 Å². The second-order valence-corrected chi connectivity index (χ2v) is 8.65. The minimum absolute atomic E-state index is 0.0179. The minimum atomic E-state index is -4.43. The number of carbonyl (C=O) groups is 1. The standard InChI is InChI=1S/C24H27F4N3O/c1-3-15(2)29-23(32)20-13-16-12-17(24(26,27)28)4-9-21(16)31-11-10-30(14-22(20)31)19-7-5-18(25)6-8-19/h4-9,12,15,20,22H,3,10-11,13-14H2,1-2H3,(H,29,32)/t15-,20+,22+/m1/s1. The van der Waals surface area contributed by atoms with E-state index < -0.39 is 17.7 Å². The summed E-state index contributed by atoms with van der Waals surface area (Å²) >= 11 is 0. The van der Waals surface area contributed by atoms with E-state index in [0.29, 0.717) is 25.2 Å². The van der Waals surface area contributed by atoms with Gasteiger partial charge in [-0.3, -0.25) is 4.79 Å². The molecule has 8 heteroatoms. The monoisotopic (exact) mass is 449 g/mol. The number of nitrogens with zero attached hydrogens (tertiary/aromatic N) is 2. The van der Waals surface area contributed by atoms with Crippen molar-refractivity contribution in [2.24, 2.45) is 5.92 Å². The molecule has 1 amide bonds. The van der Waals surface area contributed by atoms with E-state index in [9.17, 15) is 22.4 Å². The Bertz CT molecular complexity index is 976. The number of alkyl halides is 3. The van der Waals surface area contributed by atoms with Crippen LogP contribution in [0.15, 0.2) is 42.5 Å². The van der Waals surface area contributed by atoms with Crippen molar-refractivity contribution < 1.29 is 22.4 Å². The van der Waals surface area contributed by atoms with Gasteiger partial charge in [0.2, 0.25) is 5.91 Å². The van der Waals surface area contributed by atoms with Gasteiger partial charge in [0.05, 0.1) is 17.5 Å². The van der Waals surface area contributed by atoms with E-state index in [0.717, 1.165) is 23.9 Å². The quantitative estimate of drug-likeness (QED) is 0.692. The van der Waals surface area contributed by atoms with Crippen LogP contribution < -0.4 is 15.1 Å². The lowest BCUT2D eigenvalue weighted by Gasteiger charge is -2.50. The van der Waals surface area contributed by atoms with E-state index in [1.165, 1.54) is 24.3 Å². The molecule has 0 spiro atoms. The predicted octanol–water partition coefficient (Wildman–Crippen LogP) is 4.63. The third kappa shape index (κ3) is 4.40. The van der Waals surface area contributed by atoms with Crippen molar-refractivity contribution in [3.63, 3.8) is 0 Å². The normalized spacial score (nSPS) is 21.6. The van der Waals surface area contributed by atoms with E-state index >= 15 is 0 Å². The van der Waals surface area contributed by atoms with Crippen LogP contribution in [0.4, 0.5) is 28.9 Å². The highest BCUT2D eigenvalue weighted by atomic mass is 19.4. The highest BCUT2D eigenvalue weighted by molar-refractivity contribution is 5.82. The van der Waals surface area contributed by atoms with Crippen LogP contribution in [0.5, 0.6) is 0 Å². The maximum atomic E-state index is 13.4. The zero-order valence-corrected chi connectivity index (χ0v) is 18.1. The summed E-state index contributed by atoms with van der Waals surface area (Å²) in [5, 5.41) is 3.01. The van der Waals surface area contributed by atoms with Gasteiger partial charge in [0.25, 0.3) is 0 Å². The molecule has 4 nitrogen and oxygen atoms in total. The summed E-state index contributed by atoms with van der Waals surface area (Å²) in [4.78, 5) is 17.4. The summed E-state index contributed by atoms with van der Waals surface area (Å²) in [5.74, 6) is -0.938. The second-order valence-electron chi connectivity index (χ2n) is 8.65. The summed E-state index contributed by atoms with van der Waals surface area (Å²) in [5.41, 5.74) is 1.48. The summed E-state index contributed by atoms with van der Waals surface area (Å²) in [6.45, 7) is 5.61. The van der Waals surface area contributed by atoms with Gasteiger partial charge in [-0.15, -0.1) is 0 Å². The number of rotatable bonds is 4. The molecule has 1 fully saturated rings. The Hall–Kier alpha value is -2.77. The number of nitrogens with one attached hydrogen (secondary N) is 1. The van der Waals surface area contributed by atoms with Crippen molar-refractivity contribution in [3.8, 4) is 0 Å². The second kappa shape index (κ2) is 8.64. The summed E-state index contributed by atoms with van der Waals surface area (Å²) in [7, 11) is 0. The molecular formula is C24H27F4N3O. The van der Waals surface area contributed by atoms with Gasteiger partial charge in [0.1, 0.15) is 5.82 Å². The first kappa shape index (κ1) is 22.4. The number of hydrogen-bond acceptors (Lipinski definition) is 3. The summed E-state index contributed by atoms with van der Waals surface area (Å²) in [6.07, 6.45) is -3.41. The number of amides is 1. The van der Waals surface area contributed by atoms with Crippen LogP contribution in [-0.4, -0.2) is 37.6 Å². The highest BCUT2D eigenvalue weighted by Crippen LogP contribution is 2.40. The third-order valence-corrected chi connectivity index (χ3v) is 6.57. The first-order valence-corrected chi connectivity index (χ1v) is 10.9. The zero-order valence-electron chi connectivity index (χ0n) is 18.1. The molecule has 2 aromatic rings. The van der Waals surface area contributed by atoms with Crippen LogP contribution in [0, 0.1) is 11.7 Å². The molecule has 0 radical (unpaired) electrons. The Morgan fingerprint density at radius 2 is 1.88 bits per heavy atom. The van der Waals surface area contributed by atoms with Crippen molar-refractivity contribution in [2.75, 3.05) is 29.4 Å². The molecule has 0 unspecified atom stereocenters. The molecule has 2 aliphatic rings. The number of halogens is 4. The van der Waals surface area contributed by atoms with Gasteiger partial charge in [0.15, 0.2) is 0 Å². The van der Waals surface area contributed by atoms with Gasteiger partial charge in [-0.2, -0.15) is 13.2 Å². The van der Waals surface area contributed by atoms with E-state index in [1.54, 1.807) is 12.1 Å². The minimum Gasteiger partial charge on any atom is -0.368 e. The number of carbonyl (C=O) groups excluding carboxylic acids is 1. The smallest absolute Gasteiger partial charge is 0.368 e. The number of hydrogen-bond donors (Lipinski definition) is 1. The molecule has 2 aromatic carbocycles. The Labute approximate surface area is 185 Å². The fourth-order valence-electron chi connectivity index (χ4n) is 4.64.